The monoisotopic (exact) mass is 291 g/mol. The van der Waals surface area contributed by atoms with E-state index in [1.165, 1.54) is 15.6 Å². The summed E-state index contributed by atoms with van der Waals surface area (Å²) < 4.78 is 7.10. The highest BCUT2D eigenvalue weighted by Gasteiger charge is 2.19. The molecule has 1 aromatic heterocycles. The normalized spacial score (nSPS) is 19.9. The predicted molar refractivity (Wildman–Crippen MR) is 83.4 cm³/mol. The Hall–Kier alpha value is -0.940. The third-order valence-corrected chi connectivity index (χ3v) is 4.78. The summed E-state index contributed by atoms with van der Waals surface area (Å²) in [6.45, 7) is 4.26. The van der Waals surface area contributed by atoms with Gasteiger partial charge in [-0.3, -0.25) is 4.90 Å². The molecule has 1 saturated heterocycles. The molecule has 0 amide bonds. The van der Waals surface area contributed by atoms with Crippen molar-refractivity contribution in [3.63, 3.8) is 0 Å². The van der Waals surface area contributed by atoms with Crippen LogP contribution < -0.4 is 0 Å². The van der Waals surface area contributed by atoms with E-state index >= 15 is 0 Å². The zero-order valence-corrected chi connectivity index (χ0v) is 12.4. The maximum absolute atomic E-state index is 9.45. The average Bonchev–Trinajstić information content (AvgIpc) is 3.07. The number of likely N-dealkylation sites (tertiary alicyclic amines) is 1. The second-order valence-corrected chi connectivity index (χ2v) is 6.30. The van der Waals surface area contributed by atoms with Crippen LogP contribution in [-0.4, -0.2) is 49.0 Å². The minimum atomic E-state index is -0.133. The first kappa shape index (κ1) is 14.0. The molecule has 1 unspecified atom stereocenters. The van der Waals surface area contributed by atoms with E-state index in [9.17, 15) is 5.11 Å². The summed E-state index contributed by atoms with van der Waals surface area (Å²) in [7, 11) is 0. The number of benzene rings is 1. The number of ether oxygens (including phenoxy) is 1. The van der Waals surface area contributed by atoms with Crippen LogP contribution in [0.5, 0.6) is 0 Å². The molecule has 20 heavy (non-hydrogen) atoms. The van der Waals surface area contributed by atoms with Crippen LogP contribution in [0.2, 0.25) is 0 Å². The Morgan fingerprint density at radius 1 is 1.30 bits per heavy atom. The lowest BCUT2D eigenvalue weighted by atomic mass is 10.1. The summed E-state index contributed by atoms with van der Waals surface area (Å²) in [4.78, 5) is 2.27. The van der Waals surface area contributed by atoms with Crippen LogP contribution in [0.4, 0.5) is 0 Å². The lowest BCUT2D eigenvalue weighted by Crippen LogP contribution is -2.26. The Kier molecular flexibility index (Phi) is 4.68. The van der Waals surface area contributed by atoms with Gasteiger partial charge < -0.3 is 9.84 Å². The molecule has 0 bridgehead atoms. The molecule has 3 rings (SSSR count). The topological polar surface area (TPSA) is 32.7 Å². The number of β-amino-alcohol motifs (C(OH)–C–C–N with tert-alkyl or cyclic N) is 1. The first-order chi connectivity index (χ1) is 9.83. The molecule has 0 spiro atoms. The average molecular weight is 291 g/mol. The Labute approximate surface area is 123 Å². The predicted octanol–water partition coefficient (Wildman–Crippen LogP) is 2.53. The van der Waals surface area contributed by atoms with Gasteiger partial charge in [-0.25, -0.2) is 0 Å². The van der Waals surface area contributed by atoms with Gasteiger partial charge in [-0.2, -0.15) is 0 Å². The SMILES string of the molecule is OC1CCN(CCOCCc2cccc3sccc23)C1. The number of hydrogen-bond acceptors (Lipinski definition) is 4. The van der Waals surface area contributed by atoms with Gasteiger partial charge in [0.05, 0.1) is 19.3 Å². The van der Waals surface area contributed by atoms with Gasteiger partial charge in [0.25, 0.3) is 0 Å². The van der Waals surface area contributed by atoms with E-state index in [2.05, 4.69) is 34.5 Å². The molecule has 3 nitrogen and oxygen atoms in total. The number of aliphatic hydroxyl groups excluding tert-OH is 1. The van der Waals surface area contributed by atoms with E-state index < -0.39 is 0 Å². The molecule has 108 valence electrons. The Balaban J connectivity index is 1.40. The van der Waals surface area contributed by atoms with Crippen LogP contribution in [0, 0.1) is 0 Å². The molecule has 1 N–H and O–H groups in total. The van der Waals surface area contributed by atoms with Gasteiger partial charge in [0.2, 0.25) is 0 Å². The molecular formula is C16H21NO2S. The lowest BCUT2D eigenvalue weighted by molar-refractivity contribution is 0.106. The second kappa shape index (κ2) is 6.68. The molecule has 1 fully saturated rings. The van der Waals surface area contributed by atoms with Crippen LogP contribution in [0.1, 0.15) is 12.0 Å². The molecule has 2 heterocycles. The number of rotatable bonds is 6. The zero-order chi connectivity index (χ0) is 13.8. The van der Waals surface area contributed by atoms with Gasteiger partial charge in [-0.15, -0.1) is 11.3 Å². The fourth-order valence-electron chi connectivity index (χ4n) is 2.77. The van der Waals surface area contributed by atoms with E-state index in [4.69, 9.17) is 4.74 Å². The summed E-state index contributed by atoms with van der Waals surface area (Å²) in [6.07, 6.45) is 1.74. The quantitative estimate of drug-likeness (QED) is 0.830. The highest BCUT2D eigenvalue weighted by molar-refractivity contribution is 7.17. The first-order valence-corrected chi connectivity index (χ1v) is 8.14. The highest BCUT2D eigenvalue weighted by Crippen LogP contribution is 2.24. The van der Waals surface area contributed by atoms with Crippen molar-refractivity contribution < 1.29 is 9.84 Å². The smallest absolute Gasteiger partial charge is 0.0679 e. The summed E-state index contributed by atoms with van der Waals surface area (Å²) in [5, 5.41) is 13.0. The Morgan fingerprint density at radius 3 is 3.10 bits per heavy atom. The van der Waals surface area contributed by atoms with Gasteiger partial charge in [0.15, 0.2) is 0 Å². The minimum Gasteiger partial charge on any atom is -0.392 e. The molecule has 1 atom stereocenters. The molecule has 4 heteroatoms. The van der Waals surface area contributed by atoms with Crippen LogP contribution >= 0.6 is 11.3 Å². The van der Waals surface area contributed by atoms with Gasteiger partial charge in [-0.1, -0.05) is 12.1 Å². The molecule has 0 aliphatic carbocycles. The van der Waals surface area contributed by atoms with E-state index in [0.29, 0.717) is 0 Å². The maximum atomic E-state index is 9.45. The number of nitrogens with zero attached hydrogens (tertiary/aromatic N) is 1. The Morgan fingerprint density at radius 2 is 2.25 bits per heavy atom. The van der Waals surface area contributed by atoms with Crippen molar-refractivity contribution in [2.45, 2.75) is 18.9 Å². The van der Waals surface area contributed by atoms with Gasteiger partial charge in [0, 0.05) is 24.3 Å². The zero-order valence-electron chi connectivity index (χ0n) is 11.6. The van der Waals surface area contributed by atoms with Crippen molar-refractivity contribution in [2.75, 3.05) is 32.8 Å². The van der Waals surface area contributed by atoms with Crippen molar-refractivity contribution in [1.82, 2.24) is 4.90 Å². The third kappa shape index (κ3) is 3.38. The molecule has 1 aromatic carbocycles. The summed E-state index contributed by atoms with van der Waals surface area (Å²) in [5.41, 5.74) is 1.38. The lowest BCUT2D eigenvalue weighted by Gasteiger charge is -2.14. The van der Waals surface area contributed by atoms with Crippen LogP contribution in [0.3, 0.4) is 0 Å². The third-order valence-electron chi connectivity index (χ3n) is 3.90. The number of hydrogen-bond donors (Lipinski definition) is 1. The second-order valence-electron chi connectivity index (χ2n) is 5.36. The van der Waals surface area contributed by atoms with E-state index in [-0.39, 0.29) is 6.10 Å². The molecule has 1 aliphatic rings. The maximum Gasteiger partial charge on any atom is 0.0679 e. The van der Waals surface area contributed by atoms with Crippen molar-refractivity contribution in [3.8, 4) is 0 Å². The van der Waals surface area contributed by atoms with Crippen LogP contribution in [0.15, 0.2) is 29.6 Å². The molecule has 2 aromatic rings. The Bertz CT molecular complexity index is 554. The molecular weight excluding hydrogens is 270 g/mol. The summed E-state index contributed by atoms with van der Waals surface area (Å²) in [5.74, 6) is 0. The number of fused-ring (bicyclic) bond motifs is 1. The standard InChI is InChI=1S/C16H21NO2S/c18-14-4-7-17(12-14)8-10-19-9-5-13-2-1-3-16-15(13)6-11-20-16/h1-3,6,11,14,18H,4-5,7-10,12H2. The fraction of sp³-hybridized carbons (Fsp3) is 0.500. The number of thiophene rings is 1. The first-order valence-electron chi connectivity index (χ1n) is 7.26. The fourth-order valence-corrected chi connectivity index (χ4v) is 3.60. The molecule has 0 radical (unpaired) electrons. The van der Waals surface area contributed by atoms with Crippen molar-refractivity contribution in [3.05, 3.63) is 35.2 Å². The van der Waals surface area contributed by atoms with Crippen LogP contribution in [-0.2, 0) is 11.2 Å². The summed E-state index contributed by atoms with van der Waals surface area (Å²) >= 11 is 1.79. The van der Waals surface area contributed by atoms with Gasteiger partial charge >= 0.3 is 0 Å². The van der Waals surface area contributed by atoms with E-state index in [1.54, 1.807) is 11.3 Å². The number of aliphatic hydroxyl groups is 1. The van der Waals surface area contributed by atoms with Crippen molar-refractivity contribution in [1.29, 1.82) is 0 Å². The van der Waals surface area contributed by atoms with Crippen molar-refractivity contribution >= 4 is 21.4 Å². The molecule has 0 saturated carbocycles. The van der Waals surface area contributed by atoms with Gasteiger partial charge in [-0.05, 0) is 41.3 Å². The highest BCUT2D eigenvalue weighted by atomic mass is 32.1. The largest absolute Gasteiger partial charge is 0.392 e. The van der Waals surface area contributed by atoms with E-state index in [0.717, 1.165) is 45.7 Å². The van der Waals surface area contributed by atoms with Crippen molar-refractivity contribution in [2.24, 2.45) is 0 Å². The molecule has 1 aliphatic heterocycles. The summed E-state index contributed by atoms with van der Waals surface area (Å²) in [6, 6.07) is 8.68. The van der Waals surface area contributed by atoms with Gasteiger partial charge in [0.1, 0.15) is 0 Å². The minimum absolute atomic E-state index is 0.133. The van der Waals surface area contributed by atoms with Crippen LogP contribution in [0.25, 0.3) is 10.1 Å². The van der Waals surface area contributed by atoms with E-state index in [1.807, 2.05) is 0 Å².